The van der Waals surface area contributed by atoms with Gasteiger partial charge in [0.15, 0.2) is 0 Å². The van der Waals surface area contributed by atoms with Crippen molar-refractivity contribution in [2.75, 3.05) is 7.11 Å². The zero-order valence-electron chi connectivity index (χ0n) is 8.00. The van der Waals surface area contributed by atoms with Crippen LogP contribution in [0.2, 0.25) is 0 Å². The summed E-state index contributed by atoms with van der Waals surface area (Å²) in [5, 5.41) is 8.78. The topological polar surface area (TPSA) is 71.9 Å². The molecule has 0 saturated carbocycles. The van der Waals surface area contributed by atoms with E-state index in [4.69, 9.17) is 15.7 Å². The lowest BCUT2D eigenvalue weighted by atomic mass is 10.1. The molecule has 0 amide bonds. The lowest BCUT2D eigenvalue weighted by Crippen LogP contribution is -2.07. The van der Waals surface area contributed by atoms with E-state index in [1.807, 2.05) is 6.07 Å². The predicted molar refractivity (Wildman–Crippen MR) is 48.4 cm³/mol. The van der Waals surface area contributed by atoms with Crippen LogP contribution >= 0.6 is 0 Å². The number of alkyl halides is 2. The molecule has 0 spiro atoms. The van der Waals surface area contributed by atoms with Crippen LogP contribution in [0.3, 0.4) is 0 Å². The highest BCUT2D eigenvalue weighted by Gasteiger charge is 2.17. The molecule has 0 bridgehead atoms. The van der Waals surface area contributed by atoms with Gasteiger partial charge in [-0.15, -0.1) is 0 Å². The summed E-state index contributed by atoms with van der Waals surface area (Å²) in [5.74, 6) is 0.0725. The summed E-state index contributed by atoms with van der Waals surface area (Å²) in [7, 11) is 1.30. The smallest absolute Gasteiger partial charge is 0.280 e. The summed E-state index contributed by atoms with van der Waals surface area (Å²) < 4.78 is 29.6. The van der Waals surface area contributed by atoms with Gasteiger partial charge >= 0.3 is 0 Å². The van der Waals surface area contributed by atoms with Gasteiger partial charge in [0.2, 0.25) is 0 Å². The molecule has 1 aromatic heterocycles. The number of rotatable bonds is 3. The number of nitrogens with zero attached hydrogens (tertiary/aromatic N) is 2. The van der Waals surface area contributed by atoms with Crippen molar-refractivity contribution >= 4 is 0 Å². The number of aromatic nitrogens is 1. The molecule has 15 heavy (non-hydrogen) atoms. The molecule has 0 aromatic carbocycles. The monoisotopic (exact) mass is 213 g/mol. The average Bonchev–Trinajstić information content (AvgIpc) is 2.26. The van der Waals surface area contributed by atoms with Gasteiger partial charge in [-0.2, -0.15) is 5.26 Å². The predicted octanol–water partition coefficient (Wildman–Crippen LogP) is 1.36. The highest BCUT2D eigenvalue weighted by molar-refractivity contribution is 5.47. The van der Waals surface area contributed by atoms with Gasteiger partial charge in [0.1, 0.15) is 23.1 Å². The second-order valence-electron chi connectivity index (χ2n) is 2.69. The van der Waals surface area contributed by atoms with Crippen LogP contribution in [0.25, 0.3) is 0 Å². The van der Waals surface area contributed by atoms with Gasteiger partial charge in [0.05, 0.1) is 12.8 Å². The van der Waals surface area contributed by atoms with Crippen LogP contribution in [0.15, 0.2) is 6.07 Å². The fourth-order valence-corrected chi connectivity index (χ4v) is 1.13. The molecule has 6 heteroatoms. The molecule has 0 aliphatic rings. The van der Waals surface area contributed by atoms with Gasteiger partial charge in [-0.05, 0) is 0 Å². The summed E-state index contributed by atoms with van der Waals surface area (Å²) in [6.07, 6.45) is -2.71. The second kappa shape index (κ2) is 4.66. The first-order valence-corrected chi connectivity index (χ1v) is 4.10. The number of pyridine rings is 1. The molecule has 1 aromatic rings. The second-order valence-corrected chi connectivity index (χ2v) is 2.69. The molecule has 0 aliphatic carbocycles. The Bertz CT molecular complexity index is 376. The van der Waals surface area contributed by atoms with E-state index in [-0.39, 0.29) is 23.6 Å². The van der Waals surface area contributed by atoms with Crippen molar-refractivity contribution in [1.82, 2.24) is 4.98 Å². The molecule has 0 fully saturated rings. The van der Waals surface area contributed by atoms with E-state index >= 15 is 0 Å². The molecular weight excluding hydrogens is 204 g/mol. The first-order chi connectivity index (χ1) is 7.13. The first-order valence-electron chi connectivity index (χ1n) is 4.10. The Morgan fingerprint density at radius 2 is 2.33 bits per heavy atom. The van der Waals surface area contributed by atoms with Gasteiger partial charge in [0, 0.05) is 12.6 Å². The van der Waals surface area contributed by atoms with Crippen LogP contribution in [0, 0.1) is 11.3 Å². The van der Waals surface area contributed by atoms with Crippen molar-refractivity contribution in [3.63, 3.8) is 0 Å². The lowest BCUT2D eigenvalue weighted by Gasteiger charge is -2.09. The summed E-state index contributed by atoms with van der Waals surface area (Å²) in [5.41, 5.74) is 5.09. The van der Waals surface area contributed by atoms with Crippen LogP contribution in [0.4, 0.5) is 8.78 Å². The van der Waals surface area contributed by atoms with E-state index in [0.717, 1.165) is 6.07 Å². The normalized spacial score (nSPS) is 10.1. The zero-order valence-corrected chi connectivity index (χ0v) is 8.00. The van der Waals surface area contributed by atoms with Crippen molar-refractivity contribution in [3.05, 3.63) is 23.0 Å². The van der Waals surface area contributed by atoms with Gasteiger partial charge in [-0.1, -0.05) is 0 Å². The van der Waals surface area contributed by atoms with Crippen LogP contribution < -0.4 is 10.5 Å². The molecule has 0 radical (unpaired) electrons. The minimum absolute atomic E-state index is 0.0725. The number of halogens is 2. The number of hydrogen-bond donors (Lipinski definition) is 1. The Kier molecular flexibility index (Phi) is 3.52. The third kappa shape index (κ3) is 2.19. The van der Waals surface area contributed by atoms with Gasteiger partial charge in [0.25, 0.3) is 6.43 Å². The third-order valence-electron chi connectivity index (χ3n) is 1.83. The number of hydrogen-bond acceptors (Lipinski definition) is 4. The molecule has 1 rings (SSSR count). The number of methoxy groups -OCH3 is 1. The quantitative estimate of drug-likeness (QED) is 0.822. The van der Waals surface area contributed by atoms with Gasteiger partial charge < -0.3 is 10.5 Å². The maximum atomic E-state index is 12.4. The minimum Gasteiger partial charge on any atom is -0.495 e. The van der Waals surface area contributed by atoms with Crippen molar-refractivity contribution in [2.24, 2.45) is 5.73 Å². The van der Waals surface area contributed by atoms with Crippen LogP contribution in [-0.2, 0) is 6.54 Å². The highest BCUT2D eigenvalue weighted by atomic mass is 19.3. The minimum atomic E-state index is -2.71. The van der Waals surface area contributed by atoms with Crippen LogP contribution in [0.1, 0.15) is 23.4 Å². The molecular formula is C9H9F2N3O. The summed E-state index contributed by atoms with van der Waals surface area (Å²) in [6, 6.07) is 2.86. The zero-order chi connectivity index (χ0) is 11.4. The van der Waals surface area contributed by atoms with E-state index in [9.17, 15) is 8.78 Å². The van der Waals surface area contributed by atoms with Crippen LogP contribution in [-0.4, -0.2) is 12.1 Å². The fraction of sp³-hybridized carbons (Fsp3) is 0.333. The fourth-order valence-electron chi connectivity index (χ4n) is 1.13. The van der Waals surface area contributed by atoms with E-state index < -0.39 is 12.1 Å². The maximum Gasteiger partial charge on any atom is 0.280 e. The third-order valence-corrected chi connectivity index (χ3v) is 1.83. The van der Waals surface area contributed by atoms with Gasteiger partial charge in [-0.3, -0.25) is 0 Å². The average molecular weight is 213 g/mol. The number of ether oxygens (including phenoxy) is 1. The van der Waals surface area contributed by atoms with Crippen LogP contribution in [0.5, 0.6) is 5.75 Å². The molecule has 2 N–H and O–H groups in total. The molecule has 0 aliphatic heterocycles. The Hall–Kier alpha value is -1.74. The molecule has 0 saturated heterocycles. The molecule has 4 nitrogen and oxygen atoms in total. The molecule has 0 atom stereocenters. The van der Waals surface area contributed by atoms with E-state index in [1.165, 1.54) is 7.11 Å². The highest BCUT2D eigenvalue weighted by Crippen LogP contribution is 2.26. The summed E-state index contributed by atoms with van der Waals surface area (Å²) in [4.78, 5) is 3.59. The number of nitriles is 1. The number of nitrogens with two attached hydrogens (primary N) is 1. The Balaban J connectivity index is 3.37. The van der Waals surface area contributed by atoms with E-state index in [1.54, 1.807) is 0 Å². The molecule has 0 unspecified atom stereocenters. The Labute approximate surface area is 85.3 Å². The van der Waals surface area contributed by atoms with Crippen molar-refractivity contribution in [1.29, 1.82) is 5.26 Å². The summed E-state index contributed by atoms with van der Waals surface area (Å²) >= 11 is 0. The van der Waals surface area contributed by atoms with Gasteiger partial charge in [-0.25, -0.2) is 13.8 Å². The Morgan fingerprint density at radius 1 is 1.67 bits per heavy atom. The van der Waals surface area contributed by atoms with Crippen molar-refractivity contribution < 1.29 is 13.5 Å². The van der Waals surface area contributed by atoms with Crippen molar-refractivity contribution in [2.45, 2.75) is 13.0 Å². The SMILES string of the molecule is COc1cc(C(F)F)nc(CN)c1C#N. The lowest BCUT2D eigenvalue weighted by molar-refractivity contribution is 0.145. The largest absolute Gasteiger partial charge is 0.495 e. The van der Waals surface area contributed by atoms with E-state index in [2.05, 4.69) is 4.98 Å². The molecule has 1 heterocycles. The molecule has 80 valence electrons. The standard InChI is InChI=1S/C9H9F2N3O/c1-15-8-2-6(9(10)11)14-7(4-13)5(8)3-12/h2,9H,4,13H2,1H3. The Morgan fingerprint density at radius 3 is 2.73 bits per heavy atom. The maximum absolute atomic E-state index is 12.4. The van der Waals surface area contributed by atoms with Crippen molar-refractivity contribution in [3.8, 4) is 11.8 Å². The summed E-state index contributed by atoms with van der Waals surface area (Å²) in [6.45, 7) is -0.0835. The first kappa shape index (κ1) is 11.3. The van der Waals surface area contributed by atoms with E-state index in [0.29, 0.717) is 0 Å².